The maximum absolute atomic E-state index is 11.1. The molecule has 0 saturated heterocycles. The Balaban J connectivity index is 2.13. The molecule has 1 heterocycles. The fourth-order valence-corrected chi connectivity index (χ4v) is 1.85. The molecule has 2 aromatic rings. The highest BCUT2D eigenvalue weighted by Crippen LogP contribution is 2.24. The maximum Gasteiger partial charge on any atom is 0.339 e. The van der Waals surface area contributed by atoms with Gasteiger partial charge in [-0.1, -0.05) is 11.6 Å². The first-order valence-electron chi connectivity index (χ1n) is 6.17. The highest BCUT2D eigenvalue weighted by Gasteiger charge is 2.12. The van der Waals surface area contributed by atoms with Crippen LogP contribution in [0.25, 0.3) is 0 Å². The number of carbonyl (C=O) groups is 1. The molecule has 0 fully saturated rings. The van der Waals surface area contributed by atoms with Gasteiger partial charge in [-0.2, -0.15) is 5.10 Å². The summed E-state index contributed by atoms with van der Waals surface area (Å²) in [6, 6.07) is 6.54. The first-order valence-corrected chi connectivity index (χ1v) is 6.55. The lowest BCUT2D eigenvalue weighted by molar-refractivity contribution is 0.0691. The molecule has 0 amide bonds. The van der Waals surface area contributed by atoms with Gasteiger partial charge in [0.1, 0.15) is 17.9 Å². The minimum absolute atomic E-state index is 0.0812. The normalized spacial score (nSPS) is 10.8. The molecule has 0 aliphatic rings. The summed E-state index contributed by atoms with van der Waals surface area (Å²) in [6.45, 7) is 4.24. The Morgan fingerprint density at radius 2 is 2.20 bits per heavy atom. The molecule has 6 heteroatoms. The average Bonchev–Trinajstić information content (AvgIpc) is 2.85. The van der Waals surface area contributed by atoms with Crippen molar-refractivity contribution in [1.29, 1.82) is 0 Å². The number of hydrogen-bond donors (Lipinski definition) is 1. The van der Waals surface area contributed by atoms with Crippen LogP contribution < -0.4 is 4.74 Å². The third-order valence-corrected chi connectivity index (χ3v) is 2.98. The van der Waals surface area contributed by atoms with Crippen molar-refractivity contribution in [3.8, 4) is 5.75 Å². The van der Waals surface area contributed by atoms with E-state index in [-0.39, 0.29) is 24.0 Å². The van der Waals surface area contributed by atoms with Gasteiger partial charge in [0, 0.05) is 17.3 Å². The minimum Gasteiger partial charge on any atom is -0.486 e. The summed E-state index contributed by atoms with van der Waals surface area (Å²) in [5.41, 5.74) is 0.813. The van der Waals surface area contributed by atoms with Gasteiger partial charge >= 0.3 is 5.97 Å². The summed E-state index contributed by atoms with van der Waals surface area (Å²) in [6.07, 6.45) is 1.86. The number of hydrogen-bond acceptors (Lipinski definition) is 3. The number of aromatic nitrogens is 2. The van der Waals surface area contributed by atoms with E-state index in [1.54, 1.807) is 0 Å². The van der Waals surface area contributed by atoms with Crippen LogP contribution in [0.1, 0.15) is 35.9 Å². The standard InChI is InChI=1S/C14H15ClN2O3/c1-9(2)17-6-5-11(16-17)8-20-13-7-10(15)3-4-12(13)14(18)19/h3-7,9H,8H2,1-2H3,(H,18,19). The van der Waals surface area contributed by atoms with E-state index in [1.807, 2.05) is 30.8 Å². The molecule has 1 aromatic heterocycles. The van der Waals surface area contributed by atoms with Crippen LogP contribution in [0.15, 0.2) is 30.5 Å². The van der Waals surface area contributed by atoms with Gasteiger partial charge in [-0.05, 0) is 38.1 Å². The van der Waals surface area contributed by atoms with Crippen LogP contribution in [-0.4, -0.2) is 20.9 Å². The zero-order valence-corrected chi connectivity index (χ0v) is 12.0. The number of carboxylic acids is 1. The molecule has 0 unspecified atom stereocenters. The molecule has 0 aliphatic carbocycles. The van der Waals surface area contributed by atoms with Crippen LogP contribution in [0.2, 0.25) is 5.02 Å². The highest BCUT2D eigenvalue weighted by atomic mass is 35.5. The zero-order valence-electron chi connectivity index (χ0n) is 11.2. The Bertz CT molecular complexity index is 623. The molecule has 0 aliphatic heterocycles. The maximum atomic E-state index is 11.1. The van der Waals surface area contributed by atoms with Crippen LogP contribution in [0.5, 0.6) is 5.75 Å². The Morgan fingerprint density at radius 3 is 2.80 bits per heavy atom. The molecule has 5 nitrogen and oxygen atoms in total. The Hall–Kier alpha value is -2.01. The van der Waals surface area contributed by atoms with E-state index in [0.717, 1.165) is 5.69 Å². The van der Waals surface area contributed by atoms with E-state index in [1.165, 1.54) is 18.2 Å². The van der Waals surface area contributed by atoms with Crippen molar-refractivity contribution < 1.29 is 14.6 Å². The van der Waals surface area contributed by atoms with Gasteiger partial charge in [0.25, 0.3) is 0 Å². The summed E-state index contributed by atoms with van der Waals surface area (Å²) < 4.78 is 7.33. The van der Waals surface area contributed by atoms with Crippen LogP contribution in [0.3, 0.4) is 0 Å². The number of benzene rings is 1. The second kappa shape index (κ2) is 5.96. The summed E-state index contributed by atoms with van der Waals surface area (Å²) >= 11 is 5.86. The molecule has 0 bridgehead atoms. The molecule has 0 saturated carbocycles. The van der Waals surface area contributed by atoms with Crippen LogP contribution >= 0.6 is 11.6 Å². The van der Waals surface area contributed by atoms with Crippen molar-refractivity contribution in [3.05, 3.63) is 46.7 Å². The first kappa shape index (κ1) is 14.4. The molecule has 106 valence electrons. The van der Waals surface area contributed by atoms with E-state index < -0.39 is 5.97 Å². The molecule has 2 rings (SSSR count). The molecular weight excluding hydrogens is 280 g/mol. The van der Waals surface area contributed by atoms with Crippen molar-refractivity contribution in [2.45, 2.75) is 26.5 Å². The van der Waals surface area contributed by atoms with Gasteiger partial charge in [-0.15, -0.1) is 0 Å². The van der Waals surface area contributed by atoms with Gasteiger partial charge in [-0.25, -0.2) is 4.79 Å². The largest absolute Gasteiger partial charge is 0.486 e. The monoisotopic (exact) mass is 294 g/mol. The smallest absolute Gasteiger partial charge is 0.339 e. The van der Waals surface area contributed by atoms with Crippen molar-refractivity contribution in [1.82, 2.24) is 9.78 Å². The lowest BCUT2D eigenvalue weighted by Crippen LogP contribution is -2.05. The van der Waals surface area contributed by atoms with Gasteiger partial charge in [-0.3, -0.25) is 4.68 Å². The fraction of sp³-hybridized carbons (Fsp3) is 0.286. The van der Waals surface area contributed by atoms with Crippen LogP contribution in [0.4, 0.5) is 0 Å². The number of carboxylic acid groups (broad SMARTS) is 1. The van der Waals surface area contributed by atoms with E-state index in [2.05, 4.69) is 5.10 Å². The SMILES string of the molecule is CC(C)n1ccc(COc2cc(Cl)ccc2C(=O)O)n1. The number of nitrogens with zero attached hydrogens (tertiary/aromatic N) is 2. The molecule has 0 atom stereocenters. The fourth-order valence-electron chi connectivity index (χ4n) is 1.69. The molecular formula is C14H15ClN2O3. The van der Waals surface area contributed by atoms with E-state index in [9.17, 15) is 4.79 Å². The van der Waals surface area contributed by atoms with Gasteiger partial charge < -0.3 is 9.84 Å². The lowest BCUT2D eigenvalue weighted by atomic mass is 10.2. The van der Waals surface area contributed by atoms with Crippen molar-refractivity contribution in [2.75, 3.05) is 0 Å². The molecule has 0 radical (unpaired) electrons. The van der Waals surface area contributed by atoms with E-state index >= 15 is 0 Å². The summed E-state index contributed by atoms with van der Waals surface area (Å²) in [4.78, 5) is 11.1. The van der Waals surface area contributed by atoms with E-state index in [0.29, 0.717) is 5.02 Å². The second-order valence-electron chi connectivity index (χ2n) is 4.62. The van der Waals surface area contributed by atoms with Gasteiger partial charge in [0.15, 0.2) is 0 Å². The van der Waals surface area contributed by atoms with E-state index in [4.69, 9.17) is 21.4 Å². The quantitative estimate of drug-likeness (QED) is 0.918. The van der Waals surface area contributed by atoms with Crippen molar-refractivity contribution in [2.24, 2.45) is 0 Å². The lowest BCUT2D eigenvalue weighted by Gasteiger charge is -2.08. The topological polar surface area (TPSA) is 64.3 Å². The average molecular weight is 295 g/mol. The van der Waals surface area contributed by atoms with Crippen LogP contribution in [-0.2, 0) is 6.61 Å². The van der Waals surface area contributed by atoms with Crippen molar-refractivity contribution in [3.63, 3.8) is 0 Å². The number of halogens is 1. The number of aromatic carboxylic acids is 1. The Kier molecular flexibility index (Phi) is 4.29. The highest BCUT2D eigenvalue weighted by molar-refractivity contribution is 6.30. The van der Waals surface area contributed by atoms with Gasteiger partial charge in [0.2, 0.25) is 0 Å². The van der Waals surface area contributed by atoms with Gasteiger partial charge in [0.05, 0.1) is 5.69 Å². The summed E-state index contributed by atoms with van der Waals surface area (Å²) in [5.74, 6) is -0.812. The predicted molar refractivity (Wildman–Crippen MR) is 75.4 cm³/mol. The third-order valence-electron chi connectivity index (χ3n) is 2.74. The Labute approximate surface area is 121 Å². The summed E-state index contributed by atoms with van der Waals surface area (Å²) in [7, 11) is 0. The third kappa shape index (κ3) is 3.30. The predicted octanol–water partition coefficient (Wildman–Crippen LogP) is 3.39. The zero-order chi connectivity index (χ0) is 14.7. The molecule has 0 spiro atoms. The summed E-state index contributed by atoms with van der Waals surface area (Å²) in [5, 5.41) is 13.8. The Morgan fingerprint density at radius 1 is 1.45 bits per heavy atom. The van der Waals surface area contributed by atoms with Crippen molar-refractivity contribution >= 4 is 17.6 Å². The number of rotatable bonds is 5. The van der Waals surface area contributed by atoms with Crippen LogP contribution in [0, 0.1) is 0 Å². The molecule has 20 heavy (non-hydrogen) atoms. The molecule has 1 N–H and O–H groups in total. The number of ether oxygens (including phenoxy) is 1. The molecule has 1 aromatic carbocycles. The second-order valence-corrected chi connectivity index (χ2v) is 5.05. The first-order chi connectivity index (χ1) is 9.47. The minimum atomic E-state index is -1.05.